The van der Waals surface area contributed by atoms with Crippen molar-refractivity contribution in [2.24, 2.45) is 0 Å². The molecule has 1 aromatic carbocycles. The lowest BCUT2D eigenvalue weighted by molar-refractivity contribution is -0.133. The molecule has 0 aromatic heterocycles. The lowest BCUT2D eigenvalue weighted by Gasteiger charge is -2.34. The SMILES string of the molecule is CCC(C)NC(=O)CN1CCN(C(=O)CCc2cccc(OC)c2)CC1. The molecular formula is C20H31N3O3. The summed E-state index contributed by atoms with van der Waals surface area (Å²) >= 11 is 0. The van der Waals surface area contributed by atoms with Gasteiger partial charge in [0, 0.05) is 38.6 Å². The number of carbonyl (C=O) groups is 2. The molecule has 1 unspecified atom stereocenters. The van der Waals surface area contributed by atoms with E-state index in [0.29, 0.717) is 32.5 Å². The van der Waals surface area contributed by atoms with E-state index in [0.717, 1.165) is 30.8 Å². The first kappa shape index (κ1) is 20.2. The minimum atomic E-state index is 0.0668. The summed E-state index contributed by atoms with van der Waals surface area (Å²) in [5.74, 6) is 1.06. The van der Waals surface area contributed by atoms with Crippen molar-refractivity contribution in [2.75, 3.05) is 39.8 Å². The highest BCUT2D eigenvalue weighted by Gasteiger charge is 2.22. The topological polar surface area (TPSA) is 61.9 Å². The lowest BCUT2D eigenvalue weighted by atomic mass is 10.1. The van der Waals surface area contributed by atoms with Crippen LogP contribution in [0.4, 0.5) is 0 Å². The molecule has 2 rings (SSSR count). The number of benzene rings is 1. The quantitative estimate of drug-likeness (QED) is 0.765. The zero-order chi connectivity index (χ0) is 18.9. The zero-order valence-electron chi connectivity index (χ0n) is 16.2. The van der Waals surface area contributed by atoms with Crippen molar-refractivity contribution in [1.29, 1.82) is 0 Å². The number of methoxy groups -OCH3 is 1. The second kappa shape index (κ2) is 10.2. The molecule has 0 aliphatic carbocycles. The fourth-order valence-corrected chi connectivity index (χ4v) is 3.02. The van der Waals surface area contributed by atoms with Gasteiger partial charge in [0.2, 0.25) is 11.8 Å². The average molecular weight is 361 g/mol. The number of ether oxygens (including phenoxy) is 1. The van der Waals surface area contributed by atoms with Crippen molar-refractivity contribution in [3.63, 3.8) is 0 Å². The third-order valence-electron chi connectivity index (χ3n) is 4.87. The van der Waals surface area contributed by atoms with Gasteiger partial charge in [-0.15, -0.1) is 0 Å². The predicted molar refractivity (Wildman–Crippen MR) is 102 cm³/mol. The number of nitrogens with one attached hydrogen (secondary N) is 1. The Bertz CT molecular complexity index is 598. The van der Waals surface area contributed by atoms with Gasteiger partial charge in [-0.3, -0.25) is 14.5 Å². The Kier molecular flexibility index (Phi) is 7.91. The highest BCUT2D eigenvalue weighted by atomic mass is 16.5. The second-order valence-corrected chi connectivity index (χ2v) is 6.89. The van der Waals surface area contributed by atoms with Gasteiger partial charge in [0.1, 0.15) is 5.75 Å². The molecule has 0 saturated carbocycles. The average Bonchev–Trinajstić information content (AvgIpc) is 2.66. The molecule has 2 amide bonds. The molecule has 144 valence electrons. The number of amides is 2. The summed E-state index contributed by atoms with van der Waals surface area (Å²) in [6.07, 6.45) is 2.15. The number of nitrogens with zero attached hydrogens (tertiary/aromatic N) is 2. The number of rotatable bonds is 8. The van der Waals surface area contributed by atoms with Gasteiger partial charge in [0.05, 0.1) is 13.7 Å². The zero-order valence-corrected chi connectivity index (χ0v) is 16.2. The third-order valence-corrected chi connectivity index (χ3v) is 4.87. The Morgan fingerprint density at radius 3 is 2.62 bits per heavy atom. The molecule has 1 N–H and O–H groups in total. The van der Waals surface area contributed by atoms with E-state index < -0.39 is 0 Å². The molecular weight excluding hydrogens is 330 g/mol. The molecule has 1 atom stereocenters. The van der Waals surface area contributed by atoms with Crippen molar-refractivity contribution >= 4 is 11.8 Å². The fourth-order valence-electron chi connectivity index (χ4n) is 3.02. The van der Waals surface area contributed by atoms with Crippen molar-refractivity contribution in [2.45, 2.75) is 39.2 Å². The summed E-state index contributed by atoms with van der Waals surface area (Å²) in [5.41, 5.74) is 1.11. The second-order valence-electron chi connectivity index (χ2n) is 6.89. The molecule has 1 heterocycles. The number of hydrogen-bond donors (Lipinski definition) is 1. The number of aryl methyl sites for hydroxylation is 1. The summed E-state index contributed by atoms with van der Waals surface area (Å²) in [6, 6.07) is 8.05. The van der Waals surface area contributed by atoms with Crippen LogP contribution < -0.4 is 10.1 Å². The van der Waals surface area contributed by atoms with Crippen LogP contribution in [0.1, 0.15) is 32.3 Å². The molecule has 1 fully saturated rings. The Morgan fingerprint density at radius 1 is 1.23 bits per heavy atom. The summed E-state index contributed by atoms with van der Waals surface area (Å²) in [6.45, 7) is 7.35. The Balaban J connectivity index is 1.71. The summed E-state index contributed by atoms with van der Waals surface area (Å²) in [7, 11) is 1.65. The van der Waals surface area contributed by atoms with Gasteiger partial charge < -0.3 is 15.0 Å². The molecule has 0 radical (unpaired) electrons. The van der Waals surface area contributed by atoms with Crippen molar-refractivity contribution in [3.05, 3.63) is 29.8 Å². The van der Waals surface area contributed by atoms with E-state index in [1.165, 1.54) is 0 Å². The molecule has 6 heteroatoms. The van der Waals surface area contributed by atoms with E-state index in [4.69, 9.17) is 4.74 Å². The first-order chi connectivity index (χ1) is 12.5. The van der Waals surface area contributed by atoms with E-state index in [1.54, 1.807) is 7.11 Å². The van der Waals surface area contributed by atoms with Gasteiger partial charge in [0.15, 0.2) is 0 Å². The standard InChI is InChI=1S/C20H31N3O3/c1-4-16(2)21-19(24)15-22-10-12-23(13-11-22)20(25)9-8-17-6-5-7-18(14-17)26-3/h5-7,14,16H,4,8-13,15H2,1-3H3,(H,21,24). The van der Waals surface area contributed by atoms with E-state index in [9.17, 15) is 9.59 Å². The number of hydrogen-bond acceptors (Lipinski definition) is 4. The first-order valence-corrected chi connectivity index (χ1v) is 9.44. The molecule has 1 saturated heterocycles. The molecule has 6 nitrogen and oxygen atoms in total. The third kappa shape index (κ3) is 6.33. The van der Waals surface area contributed by atoms with Crippen molar-refractivity contribution in [1.82, 2.24) is 15.1 Å². The highest BCUT2D eigenvalue weighted by molar-refractivity contribution is 5.78. The molecule has 0 spiro atoms. The largest absolute Gasteiger partial charge is 0.497 e. The molecule has 1 aliphatic rings. The number of carbonyl (C=O) groups excluding carboxylic acids is 2. The lowest BCUT2D eigenvalue weighted by Crippen LogP contribution is -2.51. The van der Waals surface area contributed by atoms with E-state index in [2.05, 4.69) is 17.1 Å². The van der Waals surface area contributed by atoms with E-state index >= 15 is 0 Å². The highest BCUT2D eigenvalue weighted by Crippen LogP contribution is 2.14. The Labute approximate surface area is 156 Å². The van der Waals surface area contributed by atoms with Crippen LogP contribution in [0, 0.1) is 0 Å². The van der Waals surface area contributed by atoms with Crippen LogP contribution >= 0.6 is 0 Å². The van der Waals surface area contributed by atoms with Crippen LogP contribution in [0.3, 0.4) is 0 Å². The van der Waals surface area contributed by atoms with Crippen LogP contribution in [0.15, 0.2) is 24.3 Å². The van der Waals surface area contributed by atoms with Gasteiger partial charge in [-0.05, 0) is 37.5 Å². The van der Waals surface area contributed by atoms with Gasteiger partial charge in [0.25, 0.3) is 0 Å². The van der Waals surface area contributed by atoms with Gasteiger partial charge in [-0.1, -0.05) is 19.1 Å². The van der Waals surface area contributed by atoms with E-state index in [-0.39, 0.29) is 17.9 Å². The Morgan fingerprint density at radius 2 is 1.96 bits per heavy atom. The smallest absolute Gasteiger partial charge is 0.234 e. The van der Waals surface area contributed by atoms with Crippen molar-refractivity contribution < 1.29 is 14.3 Å². The van der Waals surface area contributed by atoms with E-state index in [1.807, 2.05) is 36.1 Å². The van der Waals surface area contributed by atoms with Gasteiger partial charge in [-0.25, -0.2) is 0 Å². The van der Waals surface area contributed by atoms with Crippen LogP contribution in [0.5, 0.6) is 5.75 Å². The minimum Gasteiger partial charge on any atom is -0.497 e. The maximum atomic E-state index is 12.4. The normalized spacial score (nSPS) is 16.2. The summed E-state index contributed by atoms with van der Waals surface area (Å²) in [5, 5.41) is 2.99. The molecule has 1 aromatic rings. The maximum absolute atomic E-state index is 12.4. The van der Waals surface area contributed by atoms with Crippen molar-refractivity contribution in [3.8, 4) is 5.75 Å². The van der Waals surface area contributed by atoms with Gasteiger partial charge in [-0.2, -0.15) is 0 Å². The van der Waals surface area contributed by atoms with Crippen LogP contribution in [0.25, 0.3) is 0 Å². The Hall–Kier alpha value is -2.08. The van der Waals surface area contributed by atoms with Gasteiger partial charge >= 0.3 is 0 Å². The van der Waals surface area contributed by atoms with Crippen LogP contribution in [-0.4, -0.2) is 67.5 Å². The predicted octanol–water partition coefficient (Wildman–Crippen LogP) is 1.69. The monoisotopic (exact) mass is 361 g/mol. The fraction of sp³-hybridized carbons (Fsp3) is 0.600. The maximum Gasteiger partial charge on any atom is 0.234 e. The summed E-state index contributed by atoms with van der Waals surface area (Å²) in [4.78, 5) is 28.4. The summed E-state index contributed by atoms with van der Waals surface area (Å²) < 4.78 is 5.22. The molecule has 26 heavy (non-hydrogen) atoms. The molecule has 1 aliphatic heterocycles. The first-order valence-electron chi connectivity index (χ1n) is 9.44. The van der Waals surface area contributed by atoms with Crippen LogP contribution in [-0.2, 0) is 16.0 Å². The number of piperazine rings is 1. The minimum absolute atomic E-state index is 0.0668. The molecule has 0 bridgehead atoms. The van der Waals surface area contributed by atoms with Crippen LogP contribution in [0.2, 0.25) is 0 Å².